The van der Waals surface area contributed by atoms with Gasteiger partial charge < -0.3 is 30.5 Å². The molecule has 1 saturated heterocycles. The fourth-order valence-corrected chi connectivity index (χ4v) is 3.32. The number of amides is 2. The molecule has 1 aliphatic rings. The number of anilines is 1. The van der Waals surface area contributed by atoms with Crippen LogP contribution in [-0.4, -0.2) is 97.8 Å². The normalized spacial score (nSPS) is 23.4. The van der Waals surface area contributed by atoms with Crippen LogP contribution >= 0.6 is 36.4 Å². The van der Waals surface area contributed by atoms with Crippen molar-refractivity contribution >= 4 is 48.1 Å². The minimum absolute atomic E-state index is 0. The molecule has 1 heterocycles. The van der Waals surface area contributed by atoms with E-state index < -0.39 is 24.3 Å². The predicted molar refractivity (Wildman–Crippen MR) is 120 cm³/mol. The Morgan fingerprint density at radius 3 is 2.48 bits per heavy atom. The summed E-state index contributed by atoms with van der Waals surface area (Å²) in [5.74, 6) is 0. The molecule has 0 aliphatic carbocycles. The Labute approximate surface area is 189 Å². The molecule has 8 nitrogen and oxygen atoms in total. The first-order valence-electron chi connectivity index (χ1n) is 8.91. The number of ether oxygens (including phenoxy) is 1. The summed E-state index contributed by atoms with van der Waals surface area (Å²) < 4.78 is 5.76. The van der Waals surface area contributed by atoms with E-state index in [1.807, 2.05) is 30.9 Å². The van der Waals surface area contributed by atoms with Gasteiger partial charge >= 0.3 is 6.03 Å². The number of aliphatic hydroxyl groups is 2. The zero-order chi connectivity index (χ0) is 20.0. The first kappa shape index (κ1) is 28.2. The van der Waals surface area contributed by atoms with Gasteiger partial charge in [0.15, 0.2) is 0 Å². The monoisotopic (exact) mass is 472 g/mol. The number of nitrogens with one attached hydrogen (secondary N) is 2. The summed E-state index contributed by atoms with van der Waals surface area (Å²) in [4.78, 5) is 16.2. The van der Waals surface area contributed by atoms with Gasteiger partial charge in [0.05, 0.1) is 18.8 Å². The quantitative estimate of drug-likeness (QED) is 0.454. The van der Waals surface area contributed by atoms with Gasteiger partial charge in [0.2, 0.25) is 0 Å². The van der Waals surface area contributed by atoms with Crippen molar-refractivity contribution in [2.75, 3.05) is 52.7 Å². The van der Waals surface area contributed by atoms with Crippen molar-refractivity contribution in [3.63, 3.8) is 0 Å². The second-order valence-corrected chi connectivity index (χ2v) is 7.44. The Kier molecular flexibility index (Phi) is 13.1. The Morgan fingerprint density at radius 2 is 1.90 bits per heavy atom. The molecule has 0 bridgehead atoms. The smallest absolute Gasteiger partial charge is 0.319 e. The van der Waals surface area contributed by atoms with Gasteiger partial charge in [-0.25, -0.2) is 4.79 Å². The van der Waals surface area contributed by atoms with Crippen molar-refractivity contribution < 1.29 is 19.7 Å². The van der Waals surface area contributed by atoms with Crippen LogP contribution in [0.2, 0.25) is 5.02 Å². The molecule has 0 radical (unpaired) electrons. The van der Waals surface area contributed by atoms with Crippen LogP contribution in [0.4, 0.5) is 10.5 Å². The molecule has 168 valence electrons. The summed E-state index contributed by atoms with van der Waals surface area (Å²) in [5.41, 5.74) is 0.584. The number of halogens is 3. The van der Waals surface area contributed by atoms with Crippen molar-refractivity contribution in [3.05, 3.63) is 29.3 Å². The molecule has 4 atom stereocenters. The maximum atomic E-state index is 12.2. The molecule has 0 aromatic heterocycles. The number of urea groups is 1. The van der Waals surface area contributed by atoms with E-state index in [0.29, 0.717) is 10.7 Å². The number of carbonyl (C=O) groups excluding carboxylic acids is 1. The molecular formula is C18H31Cl3N4O4. The lowest BCUT2D eigenvalue weighted by molar-refractivity contribution is -0.0205. The zero-order valence-corrected chi connectivity index (χ0v) is 19.1. The third kappa shape index (κ3) is 8.43. The molecule has 0 spiro atoms. The van der Waals surface area contributed by atoms with Gasteiger partial charge in [-0.05, 0) is 39.3 Å². The van der Waals surface area contributed by atoms with E-state index in [4.69, 9.17) is 16.3 Å². The highest BCUT2D eigenvalue weighted by Gasteiger charge is 2.45. The highest BCUT2D eigenvalue weighted by Crippen LogP contribution is 2.25. The maximum Gasteiger partial charge on any atom is 0.319 e. The molecule has 29 heavy (non-hydrogen) atoms. The number of benzene rings is 1. The van der Waals surface area contributed by atoms with Crippen molar-refractivity contribution in [1.82, 2.24) is 15.1 Å². The maximum absolute atomic E-state index is 12.2. The molecule has 2 rings (SSSR count). The van der Waals surface area contributed by atoms with Gasteiger partial charge in [-0.1, -0.05) is 17.7 Å². The molecule has 1 aromatic carbocycles. The Balaban J connectivity index is 0.00000392. The lowest BCUT2D eigenvalue weighted by atomic mass is 10.0. The molecule has 2 amide bonds. The fraction of sp³-hybridized carbons (Fsp3) is 0.611. The minimum Gasteiger partial charge on any atom is -0.394 e. The number of aliphatic hydroxyl groups excluding tert-OH is 2. The van der Waals surface area contributed by atoms with Crippen LogP contribution in [0, 0.1) is 0 Å². The summed E-state index contributed by atoms with van der Waals surface area (Å²) in [6, 6.07) is 6.14. The number of likely N-dealkylation sites (N-methyl/N-ethyl adjacent to an activating group) is 2. The predicted octanol–water partition coefficient (Wildman–Crippen LogP) is 1.29. The third-order valence-corrected chi connectivity index (χ3v) is 4.83. The largest absolute Gasteiger partial charge is 0.394 e. The van der Waals surface area contributed by atoms with Crippen LogP contribution < -0.4 is 10.6 Å². The minimum atomic E-state index is -0.829. The summed E-state index contributed by atoms with van der Waals surface area (Å²) >= 11 is 5.91. The van der Waals surface area contributed by atoms with Crippen LogP contribution in [0.15, 0.2) is 24.3 Å². The van der Waals surface area contributed by atoms with Crippen LogP contribution in [0.3, 0.4) is 0 Å². The van der Waals surface area contributed by atoms with Crippen LogP contribution in [0.5, 0.6) is 0 Å². The van der Waals surface area contributed by atoms with E-state index in [1.165, 1.54) is 0 Å². The molecule has 1 fully saturated rings. The first-order valence-corrected chi connectivity index (χ1v) is 9.29. The number of hydrogen-bond donors (Lipinski definition) is 4. The number of nitrogens with zero attached hydrogens (tertiary/aromatic N) is 2. The van der Waals surface area contributed by atoms with Crippen LogP contribution in [0.1, 0.15) is 0 Å². The van der Waals surface area contributed by atoms with E-state index in [0.717, 1.165) is 13.1 Å². The second kappa shape index (κ2) is 13.5. The van der Waals surface area contributed by atoms with Crippen LogP contribution in [-0.2, 0) is 4.74 Å². The lowest BCUT2D eigenvalue weighted by Crippen LogP contribution is -2.51. The SMILES string of the molecule is CN(C)CCN(C)[C@@H]1[C@H](O)[C@H](CO)O[C@@H]1CNC(=O)Nc1cccc(Cl)c1.Cl.Cl. The Hall–Kier alpha value is -0.840. The van der Waals surface area contributed by atoms with Crippen molar-refractivity contribution in [2.24, 2.45) is 0 Å². The molecule has 1 aromatic rings. The van der Waals surface area contributed by atoms with Crippen molar-refractivity contribution in [3.8, 4) is 0 Å². The van der Waals surface area contributed by atoms with E-state index in [9.17, 15) is 15.0 Å². The van der Waals surface area contributed by atoms with E-state index in [1.54, 1.807) is 24.3 Å². The average molecular weight is 474 g/mol. The van der Waals surface area contributed by atoms with E-state index >= 15 is 0 Å². The number of hydrogen-bond acceptors (Lipinski definition) is 6. The van der Waals surface area contributed by atoms with Gasteiger partial charge in [-0.2, -0.15) is 0 Å². The van der Waals surface area contributed by atoms with Crippen molar-refractivity contribution in [2.45, 2.75) is 24.4 Å². The Bertz CT molecular complexity index is 627. The molecule has 0 saturated carbocycles. The Morgan fingerprint density at radius 1 is 1.21 bits per heavy atom. The summed E-state index contributed by atoms with van der Waals surface area (Å²) in [6.07, 6.45) is -1.93. The van der Waals surface area contributed by atoms with Gasteiger partial charge in [-0.15, -0.1) is 24.8 Å². The summed E-state index contributed by atoms with van der Waals surface area (Å²) in [7, 11) is 5.86. The van der Waals surface area contributed by atoms with E-state index in [-0.39, 0.29) is 44.0 Å². The molecule has 1 aliphatic heterocycles. The average Bonchev–Trinajstić information content (AvgIpc) is 2.93. The number of rotatable bonds is 8. The topological polar surface area (TPSA) is 97.3 Å². The fourth-order valence-electron chi connectivity index (χ4n) is 3.13. The highest BCUT2D eigenvalue weighted by molar-refractivity contribution is 6.30. The lowest BCUT2D eigenvalue weighted by Gasteiger charge is -2.31. The summed E-state index contributed by atoms with van der Waals surface area (Å²) in [5, 5.41) is 25.9. The summed E-state index contributed by atoms with van der Waals surface area (Å²) in [6.45, 7) is 1.47. The van der Waals surface area contributed by atoms with Gasteiger partial charge in [0.25, 0.3) is 0 Å². The van der Waals surface area contributed by atoms with Crippen molar-refractivity contribution in [1.29, 1.82) is 0 Å². The number of carbonyl (C=O) groups is 1. The van der Waals surface area contributed by atoms with Gasteiger partial charge in [0.1, 0.15) is 12.2 Å². The van der Waals surface area contributed by atoms with Gasteiger partial charge in [-0.3, -0.25) is 4.90 Å². The first-order chi connectivity index (χ1) is 12.8. The molecule has 4 N–H and O–H groups in total. The molecule has 11 heteroatoms. The highest BCUT2D eigenvalue weighted by atomic mass is 35.5. The second-order valence-electron chi connectivity index (χ2n) is 7.01. The third-order valence-electron chi connectivity index (χ3n) is 4.60. The molecular weight excluding hydrogens is 443 g/mol. The van der Waals surface area contributed by atoms with Gasteiger partial charge in [0, 0.05) is 30.3 Å². The standard InChI is InChI=1S/C18H29ClN4O4.2ClH/c1-22(2)7-8-23(3)16-14(27-15(11-24)17(16)25)10-20-18(26)21-13-6-4-5-12(19)9-13;;/h4-6,9,14-17,24-25H,7-8,10-11H2,1-3H3,(H2,20,21,26);2*1H/t14-,15+,16+,17-;;/m1../s1. The van der Waals surface area contributed by atoms with Crippen LogP contribution in [0.25, 0.3) is 0 Å². The van der Waals surface area contributed by atoms with E-state index in [2.05, 4.69) is 10.6 Å². The molecule has 0 unspecified atom stereocenters. The zero-order valence-electron chi connectivity index (χ0n) is 16.7.